The molecule has 0 radical (unpaired) electrons. The van der Waals surface area contributed by atoms with Gasteiger partial charge in [0.15, 0.2) is 0 Å². The lowest BCUT2D eigenvalue weighted by Gasteiger charge is -2.07. The first-order valence-corrected chi connectivity index (χ1v) is 3.08. The maximum Gasteiger partial charge on any atom is 0.0594 e. The van der Waals surface area contributed by atoms with Crippen molar-refractivity contribution in [3.63, 3.8) is 0 Å². The largest absolute Gasteiger partial charge is 0.395 e. The van der Waals surface area contributed by atoms with Crippen LogP contribution in [0, 0.1) is 0 Å². The summed E-state index contributed by atoms with van der Waals surface area (Å²) in [5.41, 5.74) is 10.6. The van der Waals surface area contributed by atoms with Crippen LogP contribution in [0.4, 0.5) is 0 Å². The van der Waals surface area contributed by atoms with Crippen molar-refractivity contribution in [1.82, 2.24) is 5.32 Å². The topological polar surface area (TPSA) is 84.3 Å². The predicted octanol–water partition coefficient (Wildman–Crippen LogP) is -2.15. The standard InChI is InChI=1S/C5H15N3O/c6-1-2-8-3-5(7)4-9/h5,8-9H,1-4,6-7H2/t5-/m1/s1. The molecule has 0 aromatic heterocycles. The fourth-order valence-corrected chi connectivity index (χ4v) is 0.454. The molecule has 56 valence electrons. The van der Waals surface area contributed by atoms with Gasteiger partial charge in [0.05, 0.1) is 6.61 Å². The first-order valence-electron chi connectivity index (χ1n) is 3.08. The predicted molar refractivity (Wildman–Crippen MR) is 37.0 cm³/mol. The van der Waals surface area contributed by atoms with Crippen molar-refractivity contribution >= 4 is 0 Å². The Hall–Kier alpha value is -0.160. The average Bonchev–Trinajstić information content (AvgIpc) is 1.89. The van der Waals surface area contributed by atoms with Crippen LogP contribution in [-0.4, -0.2) is 37.4 Å². The molecule has 6 N–H and O–H groups in total. The summed E-state index contributed by atoms with van der Waals surface area (Å²) in [5.74, 6) is 0. The summed E-state index contributed by atoms with van der Waals surface area (Å²) in [7, 11) is 0. The van der Waals surface area contributed by atoms with Gasteiger partial charge in [-0.05, 0) is 0 Å². The Balaban J connectivity index is 2.88. The van der Waals surface area contributed by atoms with Crippen LogP contribution in [0.5, 0.6) is 0 Å². The van der Waals surface area contributed by atoms with Gasteiger partial charge >= 0.3 is 0 Å². The lowest BCUT2D eigenvalue weighted by molar-refractivity contribution is 0.263. The minimum atomic E-state index is -0.156. The van der Waals surface area contributed by atoms with Gasteiger partial charge in [0.1, 0.15) is 0 Å². The molecule has 0 fully saturated rings. The highest BCUT2D eigenvalue weighted by atomic mass is 16.3. The third kappa shape index (κ3) is 5.72. The normalized spacial score (nSPS) is 13.7. The molecule has 9 heavy (non-hydrogen) atoms. The quantitative estimate of drug-likeness (QED) is 0.322. The van der Waals surface area contributed by atoms with Crippen LogP contribution in [0.25, 0.3) is 0 Å². The first kappa shape index (κ1) is 8.84. The van der Waals surface area contributed by atoms with Crippen molar-refractivity contribution in [3.05, 3.63) is 0 Å². The van der Waals surface area contributed by atoms with E-state index in [2.05, 4.69) is 5.32 Å². The molecule has 0 rings (SSSR count). The third-order valence-corrected chi connectivity index (χ3v) is 0.962. The summed E-state index contributed by atoms with van der Waals surface area (Å²) >= 11 is 0. The molecular formula is C5H15N3O. The van der Waals surface area contributed by atoms with E-state index in [1.807, 2.05) is 0 Å². The Morgan fingerprint density at radius 1 is 1.56 bits per heavy atom. The second-order valence-electron chi connectivity index (χ2n) is 1.94. The summed E-state index contributed by atoms with van der Waals surface area (Å²) in [5, 5.41) is 11.4. The van der Waals surface area contributed by atoms with Gasteiger partial charge in [0.2, 0.25) is 0 Å². The molecule has 0 amide bonds. The molecule has 0 heterocycles. The fourth-order valence-electron chi connectivity index (χ4n) is 0.454. The van der Waals surface area contributed by atoms with Crippen LogP contribution in [-0.2, 0) is 0 Å². The van der Waals surface area contributed by atoms with E-state index in [-0.39, 0.29) is 12.6 Å². The number of nitrogens with two attached hydrogens (primary N) is 2. The van der Waals surface area contributed by atoms with Crippen LogP contribution in [0.3, 0.4) is 0 Å². The zero-order valence-corrected chi connectivity index (χ0v) is 5.51. The molecule has 1 atom stereocenters. The lowest BCUT2D eigenvalue weighted by atomic mass is 10.3. The third-order valence-electron chi connectivity index (χ3n) is 0.962. The first-order chi connectivity index (χ1) is 4.31. The van der Waals surface area contributed by atoms with E-state index in [4.69, 9.17) is 16.6 Å². The van der Waals surface area contributed by atoms with Gasteiger partial charge in [0.25, 0.3) is 0 Å². The Morgan fingerprint density at radius 2 is 2.22 bits per heavy atom. The summed E-state index contributed by atoms with van der Waals surface area (Å²) in [6.07, 6.45) is 0. The number of aliphatic hydroxyl groups excluding tert-OH is 1. The van der Waals surface area contributed by atoms with E-state index < -0.39 is 0 Å². The van der Waals surface area contributed by atoms with E-state index >= 15 is 0 Å². The zero-order valence-electron chi connectivity index (χ0n) is 5.51. The van der Waals surface area contributed by atoms with Crippen LogP contribution in [0.2, 0.25) is 0 Å². The van der Waals surface area contributed by atoms with Crippen LogP contribution >= 0.6 is 0 Å². The molecule has 0 saturated heterocycles. The molecule has 0 aliphatic carbocycles. The Labute approximate surface area is 55.2 Å². The second kappa shape index (κ2) is 5.97. The summed E-state index contributed by atoms with van der Waals surface area (Å²) in [6, 6.07) is -0.156. The van der Waals surface area contributed by atoms with Crippen LogP contribution in [0.1, 0.15) is 0 Å². The molecule has 0 aliphatic rings. The number of rotatable bonds is 5. The van der Waals surface area contributed by atoms with Gasteiger partial charge in [-0.1, -0.05) is 0 Å². The highest BCUT2D eigenvalue weighted by molar-refractivity contribution is 4.61. The van der Waals surface area contributed by atoms with Crippen molar-refractivity contribution in [2.24, 2.45) is 11.5 Å². The van der Waals surface area contributed by atoms with Gasteiger partial charge < -0.3 is 21.9 Å². The van der Waals surface area contributed by atoms with Crippen molar-refractivity contribution in [1.29, 1.82) is 0 Å². The monoisotopic (exact) mass is 133 g/mol. The van der Waals surface area contributed by atoms with Crippen LogP contribution in [0.15, 0.2) is 0 Å². The highest BCUT2D eigenvalue weighted by Gasteiger charge is 1.96. The van der Waals surface area contributed by atoms with Gasteiger partial charge in [0, 0.05) is 25.7 Å². The molecule has 0 spiro atoms. The van der Waals surface area contributed by atoms with Crippen molar-refractivity contribution in [2.75, 3.05) is 26.2 Å². The number of aliphatic hydroxyl groups is 1. The zero-order chi connectivity index (χ0) is 7.11. The molecule has 0 saturated carbocycles. The molecule has 0 unspecified atom stereocenters. The van der Waals surface area contributed by atoms with Gasteiger partial charge in [-0.3, -0.25) is 0 Å². The highest BCUT2D eigenvalue weighted by Crippen LogP contribution is 1.69. The molecule has 0 aromatic carbocycles. The number of hydrogen-bond donors (Lipinski definition) is 4. The Bertz CT molecular complexity index is 60.2. The van der Waals surface area contributed by atoms with Gasteiger partial charge in [-0.25, -0.2) is 0 Å². The molecular weight excluding hydrogens is 118 g/mol. The second-order valence-corrected chi connectivity index (χ2v) is 1.94. The number of hydrogen-bond acceptors (Lipinski definition) is 4. The molecule has 0 bridgehead atoms. The van der Waals surface area contributed by atoms with Crippen molar-refractivity contribution in [3.8, 4) is 0 Å². The maximum absolute atomic E-state index is 8.44. The van der Waals surface area contributed by atoms with Gasteiger partial charge in [-0.15, -0.1) is 0 Å². The molecule has 0 aliphatic heterocycles. The van der Waals surface area contributed by atoms with Crippen LogP contribution < -0.4 is 16.8 Å². The molecule has 4 heteroatoms. The van der Waals surface area contributed by atoms with E-state index in [9.17, 15) is 0 Å². The lowest BCUT2D eigenvalue weighted by Crippen LogP contribution is -2.38. The Kier molecular flexibility index (Phi) is 5.86. The Morgan fingerprint density at radius 3 is 2.67 bits per heavy atom. The maximum atomic E-state index is 8.44. The van der Waals surface area contributed by atoms with E-state index in [1.54, 1.807) is 0 Å². The van der Waals surface area contributed by atoms with E-state index in [0.29, 0.717) is 13.1 Å². The van der Waals surface area contributed by atoms with Crippen molar-refractivity contribution in [2.45, 2.75) is 6.04 Å². The molecule has 0 aromatic rings. The molecule has 4 nitrogen and oxygen atoms in total. The van der Waals surface area contributed by atoms with Gasteiger partial charge in [-0.2, -0.15) is 0 Å². The minimum absolute atomic E-state index is 0.0254. The smallest absolute Gasteiger partial charge is 0.0594 e. The van der Waals surface area contributed by atoms with E-state index in [1.165, 1.54) is 0 Å². The summed E-state index contributed by atoms with van der Waals surface area (Å²) in [4.78, 5) is 0. The summed E-state index contributed by atoms with van der Waals surface area (Å²) in [6.45, 7) is 2.02. The van der Waals surface area contributed by atoms with Crippen molar-refractivity contribution < 1.29 is 5.11 Å². The summed E-state index contributed by atoms with van der Waals surface area (Å²) < 4.78 is 0. The average molecular weight is 133 g/mol. The SMILES string of the molecule is NCCNC[C@@H](N)CO. The minimum Gasteiger partial charge on any atom is -0.395 e. The fraction of sp³-hybridized carbons (Fsp3) is 1.00. The van der Waals surface area contributed by atoms with E-state index in [0.717, 1.165) is 6.54 Å². The number of nitrogens with one attached hydrogen (secondary N) is 1.